The van der Waals surface area contributed by atoms with Crippen molar-refractivity contribution in [2.24, 2.45) is 0 Å². The summed E-state index contributed by atoms with van der Waals surface area (Å²) in [5, 5.41) is 2.88. The van der Waals surface area contributed by atoms with E-state index in [2.05, 4.69) is 5.32 Å². The average molecular weight is 334 g/mol. The highest BCUT2D eigenvalue weighted by Crippen LogP contribution is 2.30. The fourth-order valence-corrected chi connectivity index (χ4v) is 2.92. The van der Waals surface area contributed by atoms with Gasteiger partial charge >= 0.3 is 0 Å². The van der Waals surface area contributed by atoms with Crippen LogP contribution < -0.4 is 14.8 Å². The van der Waals surface area contributed by atoms with Crippen molar-refractivity contribution in [3.05, 3.63) is 23.8 Å². The highest BCUT2D eigenvalue weighted by Gasteiger charge is 2.19. The molecule has 1 N–H and O–H groups in total. The van der Waals surface area contributed by atoms with E-state index in [9.17, 15) is 9.59 Å². The first kappa shape index (κ1) is 18.1. The normalized spacial score (nSPS) is 14.9. The van der Waals surface area contributed by atoms with Crippen LogP contribution in [0.15, 0.2) is 18.2 Å². The highest BCUT2D eigenvalue weighted by atomic mass is 16.5. The van der Waals surface area contributed by atoms with Gasteiger partial charge in [0.25, 0.3) is 0 Å². The SMILES string of the molecule is COc1cccc(CCNC(=O)CN2CCCCCC2=O)c1OC. The van der Waals surface area contributed by atoms with Gasteiger partial charge in [-0.1, -0.05) is 18.6 Å². The topological polar surface area (TPSA) is 67.9 Å². The van der Waals surface area contributed by atoms with Gasteiger partial charge in [0, 0.05) is 19.5 Å². The molecule has 0 bridgehead atoms. The first-order valence-corrected chi connectivity index (χ1v) is 8.40. The number of carbonyl (C=O) groups excluding carboxylic acids is 2. The van der Waals surface area contributed by atoms with Crippen LogP contribution >= 0.6 is 0 Å². The largest absolute Gasteiger partial charge is 0.493 e. The number of ether oxygens (including phenoxy) is 2. The van der Waals surface area contributed by atoms with E-state index in [1.165, 1.54) is 0 Å². The van der Waals surface area contributed by atoms with Crippen molar-refractivity contribution in [2.75, 3.05) is 33.9 Å². The number of para-hydroxylation sites is 1. The second-order valence-electron chi connectivity index (χ2n) is 5.88. The molecule has 1 fully saturated rings. The second-order valence-corrected chi connectivity index (χ2v) is 5.88. The van der Waals surface area contributed by atoms with Gasteiger partial charge in [0.2, 0.25) is 11.8 Å². The zero-order valence-corrected chi connectivity index (χ0v) is 14.5. The van der Waals surface area contributed by atoms with Crippen molar-refractivity contribution in [1.29, 1.82) is 0 Å². The number of rotatable bonds is 7. The molecule has 0 aromatic heterocycles. The maximum Gasteiger partial charge on any atom is 0.239 e. The predicted molar refractivity (Wildman–Crippen MR) is 91.3 cm³/mol. The van der Waals surface area contributed by atoms with Gasteiger partial charge in [-0.2, -0.15) is 0 Å². The van der Waals surface area contributed by atoms with Crippen LogP contribution in [0.5, 0.6) is 11.5 Å². The molecule has 0 atom stereocenters. The third-order valence-corrected chi connectivity index (χ3v) is 4.21. The third kappa shape index (κ3) is 4.88. The van der Waals surface area contributed by atoms with Crippen molar-refractivity contribution in [3.8, 4) is 11.5 Å². The summed E-state index contributed by atoms with van der Waals surface area (Å²) in [7, 11) is 3.20. The Bertz CT molecular complexity index is 574. The fourth-order valence-electron chi connectivity index (χ4n) is 2.92. The van der Waals surface area contributed by atoms with Gasteiger partial charge in [-0.25, -0.2) is 0 Å². The van der Waals surface area contributed by atoms with Gasteiger partial charge in [-0.3, -0.25) is 9.59 Å². The number of amides is 2. The summed E-state index contributed by atoms with van der Waals surface area (Å²) in [6, 6.07) is 5.69. The third-order valence-electron chi connectivity index (χ3n) is 4.21. The van der Waals surface area contributed by atoms with Gasteiger partial charge in [-0.05, 0) is 30.9 Å². The molecule has 0 unspecified atom stereocenters. The molecule has 24 heavy (non-hydrogen) atoms. The summed E-state index contributed by atoms with van der Waals surface area (Å²) in [6.45, 7) is 1.31. The first-order valence-electron chi connectivity index (χ1n) is 8.40. The monoisotopic (exact) mass is 334 g/mol. The Labute approximate surface area is 143 Å². The molecule has 0 aliphatic carbocycles. The van der Waals surface area contributed by atoms with E-state index in [0.717, 1.165) is 24.8 Å². The smallest absolute Gasteiger partial charge is 0.239 e. The number of nitrogens with one attached hydrogen (secondary N) is 1. The predicted octanol–water partition coefficient (Wildman–Crippen LogP) is 1.77. The van der Waals surface area contributed by atoms with Crippen LogP contribution in [0, 0.1) is 0 Å². The van der Waals surface area contributed by atoms with Gasteiger partial charge in [0.1, 0.15) is 0 Å². The minimum atomic E-state index is -0.118. The molecule has 0 radical (unpaired) electrons. The Morgan fingerprint density at radius 3 is 2.79 bits per heavy atom. The quantitative estimate of drug-likeness (QED) is 0.825. The number of carbonyl (C=O) groups is 2. The average Bonchev–Trinajstić information content (AvgIpc) is 2.79. The lowest BCUT2D eigenvalue weighted by Crippen LogP contribution is -2.41. The molecule has 1 aromatic carbocycles. The lowest BCUT2D eigenvalue weighted by atomic mass is 10.1. The van der Waals surface area contributed by atoms with Gasteiger partial charge in [-0.15, -0.1) is 0 Å². The number of benzene rings is 1. The summed E-state index contributed by atoms with van der Waals surface area (Å²) in [4.78, 5) is 25.7. The van der Waals surface area contributed by atoms with E-state index in [-0.39, 0.29) is 18.4 Å². The summed E-state index contributed by atoms with van der Waals surface area (Å²) in [5.74, 6) is 1.33. The maximum absolute atomic E-state index is 12.1. The van der Waals surface area contributed by atoms with Crippen LogP contribution in [0.2, 0.25) is 0 Å². The van der Waals surface area contributed by atoms with Gasteiger partial charge in [0.05, 0.1) is 20.8 Å². The fraction of sp³-hybridized carbons (Fsp3) is 0.556. The summed E-state index contributed by atoms with van der Waals surface area (Å²) in [6.07, 6.45) is 4.14. The Kier molecular flexibility index (Phi) is 6.90. The number of nitrogens with zero attached hydrogens (tertiary/aromatic N) is 1. The summed E-state index contributed by atoms with van der Waals surface area (Å²) < 4.78 is 10.7. The second kappa shape index (κ2) is 9.15. The zero-order chi connectivity index (χ0) is 17.4. The van der Waals surface area contributed by atoms with Crippen molar-refractivity contribution in [1.82, 2.24) is 10.2 Å². The molecule has 2 amide bonds. The molecule has 1 saturated heterocycles. The minimum absolute atomic E-state index is 0.0807. The molecule has 1 aliphatic heterocycles. The van der Waals surface area contributed by atoms with E-state index in [1.807, 2.05) is 18.2 Å². The summed E-state index contributed by atoms with van der Waals surface area (Å²) >= 11 is 0. The molecule has 0 saturated carbocycles. The zero-order valence-electron chi connectivity index (χ0n) is 14.5. The van der Waals surface area contributed by atoms with E-state index in [1.54, 1.807) is 19.1 Å². The molecule has 132 valence electrons. The summed E-state index contributed by atoms with van der Waals surface area (Å²) in [5.41, 5.74) is 0.975. The molecule has 6 heteroatoms. The van der Waals surface area contributed by atoms with Crippen LogP contribution in [0.4, 0.5) is 0 Å². The van der Waals surface area contributed by atoms with Crippen LogP contribution in [0.1, 0.15) is 31.2 Å². The van der Waals surface area contributed by atoms with Gasteiger partial charge in [0.15, 0.2) is 11.5 Å². The number of likely N-dealkylation sites (tertiary alicyclic amines) is 1. The Morgan fingerprint density at radius 1 is 1.21 bits per heavy atom. The number of hydrogen-bond acceptors (Lipinski definition) is 4. The van der Waals surface area contributed by atoms with Crippen molar-refractivity contribution in [2.45, 2.75) is 32.1 Å². The molecule has 1 heterocycles. The molecule has 2 rings (SSSR count). The van der Waals surface area contributed by atoms with Crippen LogP contribution in [0.3, 0.4) is 0 Å². The van der Waals surface area contributed by atoms with Crippen molar-refractivity contribution >= 4 is 11.8 Å². The first-order chi connectivity index (χ1) is 11.7. The Morgan fingerprint density at radius 2 is 2.04 bits per heavy atom. The lowest BCUT2D eigenvalue weighted by Gasteiger charge is -2.20. The molecule has 1 aromatic rings. The molecular weight excluding hydrogens is 308 g/mol. The van der Waals surface area contributed by atoms with E-state index < -0.39 is 0 Å². The standard InChI is InChI=1S/C18H26N2O4/c1-23-15-8-6-7-14(18(15)24-2)10-11-19-16(21)13-20-12-5-3-4-9-17(20)22/h6-8H,3-5,9-13H2,1-2H3,(H,19,21). The van der Waals surface area contributed by atoms with Crippen LogP contribution in [-0.4, -0.2) is 50.6 Å². The Balaban J connectivity index is 1.83. The molecule has 6 nitrogen and oxygen atoms in total. The minimum Gasteiger partial charge on any atom is -0.493 e. The van der Waals surface area contributed by atoms with Crippen LogP contribution in [0.25, 0.3) is 0 Å². The lowest BCUT2D eigenvalue weighted by molar-refractivity contribution is -0.135. The maximum atomic E-state index is 12.1. The molecular formula is C18H26N2O4. The van der Waals surface area contributed by atoms with Crippen molar-refractivity contribution in [3.63, 3.8) is 0 Å². The van der Waals surface area contributed by atoms with E-state index in [0.29, 0.717) is 37.4 Å². The van der Waals surface area contributed by atoms with E-state index in [4.69, 9.17) is 9.47 Å². The Hall–Kier alpha value is -2.24. The number of methoxy groups -OCH3 is 2. The van der Waals surface area contributed by atoms with Gasteiger partial charge < -0.3 is 19.7 Å². The number of hydrogen-bond donors (Lipinski definition) is 1. The van der Waals surface area contributed by atoms with Crippen molar-refractivity contribution < 1.29 is 19.1 Å². The highest BCUT2D eigenvalue weighted by molar-refractivity contribution is 5.84. The molecule has 1 aliphatic rings. The van der Waals surface area contributed by atoms with E-state index >= 15 is 0 Å². The molecule has 0 spiro atoms. The van der Waals surface area contributed by atoms with Crippen LogP contribution in [-0.2, 0) is 16.0 Å².